The van der Waals surface area contributed by atoms with Crippen LogP contribution in [-0.2, 0) is 17.4 Å². The number of likely N-dealkylation sites (N-methyl/N-ethyl adjacent to an activating group) is 1. The Kier molecular flexibility index (Phi) is 5.88. The standard InChI is InChI=1S/C21H22F7N3O2/c1-31-7-9(19(33)30-14(8-32)17(22)20(23,24)25)5-11-10-3-2-4-13-16(10)12(6-15(11)31)18(29-13)21(26,27)28/h2-4,9,11,14-15,17,29,32H,5-8H2,1H3,(H,30,33). The minimum Gasteiger partial charge on any atom is -0.394 e. The third kappa shape index (κ3) is 4.18. The SMILES string of the molecule is CN1CC(C(=O)NC(CO)C(F)C(F)(F)F)CC2c3cccc4[nH]c(C(F)(F)F)c(c34)CC21. The van der Waals surface area contributed by atoms with Crippen LogP contribution in [0.4, 0.5) is 30.7 Å². The molecule has 3 N–H and O–H groups in total. The molecule has 2 aromatic rings. The summed E-state index contributed by atoms with van der Waals surface area (Å²) < 4.78 is 92.5. The van der Waals surface area contributed by atoms with E-state index in [-0.39, 0.29) is 36.9 Å². The van der Waals surface area contributed by atoms with Gasteiger partial charge in [-0.2, -0.15) is 26.3 Å². The fraction of sp³-hybridized carbons (Fsp3) is 0.571. The molecule has 5 atom stereocenters. The van der Waals surface area contributed by atoms with Crippen LogP contribution in [0.15, 0.2) is 18.2 Å². The highest BCUT2D eigenvalue weighted by Crippen LogP contribution is 2.47. The number of H-pyrrole nitrogens is 1. The van der Waals surface area contributed by atoms with Crippen LogP contribution in [0.5, 0.6) is 0 Å². The van der Waals surface area contributed by atoms with Crippen molar-refractivity contribution in [3.05, 3.63) is 35.0 Å². The average molecular weight is 481 g/mol. The lowest BCUT2D eigenvalue weighted by Gasteiger charge is -2.45. The minimum absolute atomic E-state index is 0.0746. The topological polar surface area (TPSA) is 68.4 Å². The van der Waals surface area contributed by atoms with E-state index in [0.29, 0.717) is 16.5 Å². The van der Waals surface area contributed by atoms with E-state index in [2.05, 4.69) is 4.98 Å². The number of amides is 1. The molecule has 5 nitrogen and oxygen atoms in total. The first-order chi connectivity index (χ1) is 15.3. The van der Waals surface area contributed by atoms with Gasteiger partial charge in [0.25, 0.3) is 0 Å². The molecule has 33 heavy (non-hydrogen) atoms. The number of carbonyl (C=O) groups excluding carboxylic acids is 1. The van der Waals surface area contributed by atoms with Gasteiger partial charge in [-0.1, -0.05) is 12.1 Å². The number of hydrogen-bond acceptors (Lipinski definition) is 3. The van der Waals surface area contributed by atoms with Crippen LogP contribution in [0.3, 0.4) is 0 Å². The Balaban J connectivity index is 1.63. The number of carbonyl (C=O) groups is 1. The fourth-order valence-corrected chi connectivity index (χ4v) is 5.20. The summed E-state index contributed by atoms with van der Waals surface area (Å²) in [7, 11) is 1.64. The van der Waals surface area contributed by atoms with E-state index in [1.807, 2.05) is 5.32 Å². The molecule has 1 fully saturated rings. The second kappa shape index (κ2) is 8.15. The average Bonchev–Trinajstić information content (AvgIpc) is 3.11. The molecule has 1 saturated heterocycles. The molecule has 0 radical (unpaired) electrons. The van der Waals surface area contributed by atoms with Gasteiger partial charge in [0.1, 0.15) is 5.69 Å². The summed E-state index contributed by atoms with van der Waals surface area (Å²) in [5.74, 6) is -2.01. The number of halogens is 7. The van der Waals surface area contributed by atoms with Gasteiger partial charge in [-0.3, -0.25) is 4.79 Å². The highest BCUT2D eigenvalue weighted by Gasteiger charge is 2.48. The third-order valence-corrected chi connectivity index (χ3v) is 6.69. The lowest BCUT2D eigenvalue weighted by Crippen LogP contribution is -2.55. The molecule has 0 bridgehead atoms. The molecule has 2 heterocycles. The van der Waals surface area contributed by atoms with Crippen molar-refractivity contribution in [2.45, 2.75) is 49.4 Å². The first-order valence-electron chi connectivity index (χ1n) is 10.4. The summed E-state index contributed by atoms with van der Waals surface area (Å²) in [6.07, 6.45) is -13.0. The first kappa shape index (κ1) is 23.8. The summed E-state index contributed by atoms with van der Waals surface area (Å²) >= 11 is 0. The van der Waals surface area contributed by atoms with Crippen molar-refractivity contribution in [1.82, 2.24) is 15.2 Å². The van der Waals surface area contributed by atoms with Crippen LogP contribution in [0, 0.1) is 5.92 Å². The van der Waals surface area contributed by atoms with E-state index >= 15 is 0 Å². The highest BCUT2D eigenvalue weighted by molar-refractivity contribution is 5.90. The van der Waals surface area contributed by atoms with Gasteiger partial charge in [0.2, 0.25) is 12.1 Å². The number of fused-ring (bicyclic) bond motifs is 2. The molecule has 1 aromatic carbocycles. The van der Waals surface area contributed by atoms with Gasteiger partial charge < -0.3 is 20.3 Å². The Hall–Kier alpha value is -2.34. The molecule has 12 heteroatoms. The Morgan fingerprint density at radius 3 is 2.58 bits per heavy atom. The van der Waals surface area contributed by atoms with E-state index in [0.717, 1.165) is 0 Å². The van der Waals surface area contributed by atoms with Crippen LogP contribution in [0.25, 0.3) is 10.9 Å². The number of aliphatic hydroxyl groups excluding tert-OH is 1. The Morgan fingerprint density at radius 1 is 1.27 bits per heavy atom. The maximum Gasteiger partial charge on any atom is 0.431 e. The lowest BCUT2D eigenvalue weighted by molar-refractivity contribution is -0.191. The summed E-state index contributed by atoms with van der Waals surface area (Å²) in [6, 6.07) is 2.37. The van der Waals surface area contributed by atoms with E-state index in [1.54, 1.807) is 30.1 Å². The van der Waals surface area contributed by atoms with Gasteiger partial charge in [-0.15, -0.1) is 0 Å². The van der Waals surface area contributed by atoms with Gasteiger partial charge >= 0.3 is 12.4 Å². The molecule has 4 rings (SSSR count). The monoisotopic (exact) mass is 481 g/mol. The van der Waals surface area contributed by atoms with Gasteiger partial charge in [0.05, 0.1) is 18.6 Å². The zero-order valence-electron chi connectivity index (χ0n) is 17.4. The number of piperidine rings is 1. The molecule has 5 unspecified atom stereocenters. The number of alkyl halides is 7. The van der Waals surface area contributed by atoms with Gasteiger partial charge in [-0.25, -0.2) is 4.39 Å². The van der Waals surface area contributed by atoms with Crippen LogP contribution >= 0.6 is 0 Å². The molecular weight excluding hydrogens is 459 g/mol. The van der Waals surface area contributed by atoms with Crippen molar-refractivity contribution < 1.29 is 40.6 Å². The Morgan fingerprint density at radius 2 is 1.97 bits per heavy atom. The molecule has 1 aromatic heterocycles. The number of hydrogen-bond donors (Lipinski definition) is 3. The molecule has 1 aliphatic carbocycles. The second-order valence-electron chi connectivity index (χ2n) is 8.74. The summed E-state index contributed by atoms with van der Waals surface area (Å²) in [5, 5.41) is 11.6. The predicted molar refractivity (Wildman–Crippen MR) is 104 cm³/mol. The third-order valence-electron chi connectivity index (χ3n) is 6.69. The number of likely N-dealkylation sites (tertiary alicyclic amines) is 1. The molecule has 1 amide bonds. The quantitative estimate of drug-likeness (QED) is 0.586. The number of benzene rings is 1. The minimum atomic E-state index is -5.24. The predicted octanol–water partition coefficient (Wildman–Crippen LogP) is 3.52. The van der Waals surface area contributed by atoms with Crippen molar-refractivity contribution in [2.24, 2.45) is 5.92 Å². The maximum atomic E-state index is 13.7. The maximum absolute atomic E-state index is 13.7. The number of aromatic nitrogens is 1. The number of aromatic amines is 1. The van der Waals surface area contributed by atoms with Crippen molar-refractivity contribution >= 4 is 16.8 Å². The second-order valence-corrected chi connectivity index (χ2v) is 8.74. The summed E-state index contributed by atoms with van der Waals surface area (Å²) in [6.45, 7) is -1.15. The normalized spacial score (nSPS) is 25.5. The number of aliphatic hydroxyl groups is 1. The van der Waals surface area contributed by atoms with Gasteiger partial charge in [0.15, 0.2) is 0 Å². The largest absolute Gasteiger partial charge is 0.431 e. The first-order valence-corrected chi connectivity index (χ1v) is 10.4. The van der Waals surface area contributed by atoms with Crippen molar-refractivity contribution in [3.8, 4) is 0 Å². The van der Waals surface area contributed by atoms with Crippen molar-refractivity contribution in [3.63, 3.8) is 0 Å². The molecule has 0 spiro atoms. The number of nitrogens with one attached hydrogen (secondary N) is 2. The molecule has 182 valence electrons. The molecular formula is C21H22F7N3O2. The number of nitrogens with zero attached hydrogens (tertiary/aromatic N) is 1. The lowest BCUT2D eigenvalue weighted by atomic mass is 9.72. The van der Waals surface area contributed by atoms with Gasteiger partial charge in [-0.05, 0) is 37.1 Å². The molecule has 1 aliphatic heterocycles. The Bertz CT molecular complexity index is 1050. The van der Waals surface area contributed by atoms with Crippen LogP contribution in [0.2, 0.25) is 0 Å². The summed E-state index contributed by atoms with van der Waals surface area (Å²) in [4.78, 5) is 16.9. The van der Waals surface area contributed by atoms with E-state index in [1.165, 1.54) is 0 Å². The van der Waals surface area contributed by atoms with Crippen molar-refractivity contribution in [1.29, 1.82) is 0 Å². The molecule has 0 saturated carbocycles. The number of rotatable bonds is 4. The Labute approximate surface area is 183 Å². The van der Waals surface area contributed by atoms with Crippen LogP contribution in [0.1, 0.15) is 29.2 Å². The molecule has 2 aliphatic rings. The zero-order chi connectivity index (χ0) is 24.3. The van der Waals surface area contributed by atoms with E-state index < -0.39 is 48.7 Å². The van der Waals surface area contributed by atoms with Crippen LogP contribution < -0.4 is 5.32 Å². The van der Waals surface area contributed by atoms with Crippen LogP contribution in [-0.4, -0.2) is 65.5 Å². The highest BCUT2D eigenvalue weighted by atomic mass is 19.4. The van der Waals surface area contributed by atoms with E-state index in [9.17, 15) is 35.5 Å². The van der Waals surface area contributed by atoms with E-state index in [4.69, 9.17) is 5.11 Å². The summed E-state index contributed by atoms with van der Waals surface area (Å²) in [5.41, 5.74) is 0.319. The van der Waals surface area contributed by atoms with Crippen molar-refractivity contribution in [2.75, 3.05) is 20.2 Å². The fourth-order valence-electron chi connectivity index (χ4n) is 5.20. The van der Waals surface area contributed by atoms with Gasteiger partial charge in [0, 0.05) is 29.4 Å². The smallest absolute Gasteiger partial charge is 0.394 e. The zero-order valence-corrected chi connectivity index (χ0v) is 17.4.